The Bertz CT molecular complexity index is 410. The number of rotatable bonds is 6. The van der Waals surface area contributed by atoms with Crippen LogP contribution in [-0.4, -0.2) is 31.6 Å². The SMILES string of the molecule is Cc1cc(C)c(C(C)NC(C)CCN(C)C)cc1C. The van der Waals surface area contributed by atoms with Crippen LogP contribution in [0.25, 0.3) is 0 Å². The number of nitrogens with one attached hydrogen (secondary N) is 1. The Kier molecular flexibility index (Phi) is 6.02. The highest BCUT2D eigenvalue weighted by molar-refractivity contribution is 5.38. The lowest BCUT2D eigenvalue weighted by Crippen LogP contribution is -2.32. The third-order valence-corrected chi connectivity index (χ3v) is 3.89. The van der Waals surface area contributed by atoms with Gasteiger partial charge in [-0.1, -0.05) is 12.1 Å². The number of hydrogen-bond acceptors (Lipinski definition) is 2. The highest BCUT2D eigenvalue weighted by atomic mass is 15.1. The minimum atomic E-state index is 0.413. The zero-order valence-electron chi connectivity index (χ0n) is 13.7. The average molecular weight is 262 g/mol. The van der Waals surface area contributed by atoms with Gasteiger partial charge in [-0.3, -0.25) is 0 Å². The van der Waals surface area contributed by atoms with Gasteiger partial charge >= 0.3 is 0 Å². The number of nitrogens with zero attached hydrogens (tertiary/aromatic N) is 1. The maximum absolute atomic E-state index is 3.71. The molecule has 0 heterocycles. The second kappa shape index (κ2) is 7.06. The van der Waals surface area contributed by atoms with Gasteiger partial charge in [0.2, 0.25) is 0 Å². The monoisotopic (exact) mass is 262 g/mol. The van der Waals surface area contributed by atoms with Crippen molar-refractivity contribution in [3.8, 4) is 0 Å². The minimum absolute atomic E-state index is 0.413. The molecule has 0 bridgehead atoms. The van der Waals surface area contributed by atoms with Gasteiger partial charge in [-0.2, -0.15) is 0 Å². The van der Waals surface area contributed by atoms with Crippen molar-refractivity contribution in [3.63, 3.8) is 0 Å². The zero-order valence-corrected chi connectivity index (χ0v) is 13.7. The Balaban J connectivity index is 2.67. The molecule has 1 aromatic carbocycles. The van der Waals surface area contributed by atoms with Gasteiger partial charge in [0.25, 0.3) is 0 Å². The fourth-order valence-electron chi connectivity index (χ4n) is 2.50. The lowest BCUT2D eigenvalue weighted by atomic mass is 9.96. The summed E-state index contributed by atoms with van der Waals surface area (Å²) in [6.07, 6.45) is 1.18. The molecule has 0 spiro atoms. The van der Waals surface area contributed by atoms with E-state index < -0.39 is 0 Å². The van der Waals surface area contributed by atoms with Gasteiger partial charge in [-0.15, -0.1) is 0 Å². The Morgan fingerprint density at radius 2 is 1.58 bits per heavy atom. The first-order valence-electron chi connectivity index (χ1n) is 7.29. The third kappa shape index (κ3) is 4.96. The van der Waals surface area contributed by atoms with Crippen molar-refractivity contribution in [3.05, 3.63) is 34.4 Å². The molecule has 0 aliphatic carbocycles. The quantitative estimate of drug-likeness (QED) is 0.842. The Morgan fingerprint density at radius 1 is 1.00 bits per heavy atom. The molecule has 1 N–H and O–H groups in total. The van der Waals surface area contributed by atoms with Crippen LogP contribution < -0.4 is 5.32 Å². The average Bonchev–Trinajstić information content (AvgIpc) is 2.31. The minimum Gasteiger partial charge on any atom is -0.309 e. The van der Waals surface area contributed by atoms with Crippen LogP contribution in [0.15, 0.2) is 12.1 Å². The molecule has 2 nitrogen and oxygen atoms in total. The van der Waals surface area contributed by atoms with E-state index in [0.29, 0.717) is 12.1 Å². The largest absolute Gasteiger partial charge is 0.309 e. The second-order valence-corrected chi connectivity index (χ2v) is 6.17. The lowest BCUT2D eigenvalue weighted by molar-refractivity contribution is 0.354. The molecule has 2 heteroatoms. The van der Waals surface area contributed by atoms with Gasteiger partial charge in [-0.05, 0) is 83.9 Å². The van der Waals surface area contributed by atoms with Crippen molar-refractivity contribution in [1.29, 1.82) is 0 Å². The van der Waals surface area contributed by atoms with E-state index in [1.807, 2.05) is 0 Å². The molecule has 1 aromatic rings. The summed E-state index contributed by atoms with van der Waals surface area (Å²) >= 11 is 0. The maximum Gasteiger partial charge on any atom is 0.0296 e. The molecule has 1 rings (SSSR count). The first-order valence-corrected chi connectivity index (χ1v) is 7.29. The van der Waals surface area contributed by atoms with E-state index in [9.17, 15) is 0 Å². The van der Waals surface area contributed by atoms with Gasteiger partial charge in [0, 0.05) is 12.1 Å². The Morgan fingerprint density at radius 3 is 2.16 bits per heavy atom. The molecule has 0 aliphatic rings. The smallest absolute Gasteiger partial charge is 0.0296 e. The van der Waals surface area contributed by atoms with Crippen molar-refractivity contribution < 1.29 is 0 Å². The zero-order chi connectivity index (χ0) is 14.6. The van der Waals surface area contributed by atoms with Crippen molar-refractivity contribution in [2.24, 2.45) is 0 Å². The molecular weight excluding hydrogens is 232 g/mol. The van der Waals surface area contributed by atoms with Crippen LogP contribution in [0, 0.1) is 20.8 Å². The molecule has 0 saturated heterocycles. The molecule has 0 radical (unpaired) electrons. The van der Waals surface area contributed by atoms with E-state index in [1.54, 1.807) is 0 Å². The highest BCUT2D eigenvalue weighted by Gasteiger charge is 2.12. The van der Waals surface area contributed by atoms with E-state index >= 15 is 0 Å². The molecule has 0 amide bonds. The standard InChI is InChI=1S/C17H30N2/c1-12-10-14(3)17(11-13(12)2)16(5)18-15(4)8-9-19(6)7/h10-11,15-16,18H,8-9H2,1-7H3. The fourth-order valence-corrected chi connectivity index (χ4v) is 2.50. The third-order valence-electron chi connectivity index (χ3n) is 3.89. The maximum atomic E-state index is 3.71. The molecule has 2 unspecified atom stereocenters. The van der Waals surface area contributed by atoms with E-state index in [4.69, 9.17) is 0 Å². The van der Waals surface area contributed by atoms with Crippen LogP contribution in [0.5, 0.6) is 0 Å². The van der Waals surface area contributed by atoms with Crippen LogP contribution in [0.2, 0.25) is 0 Å². The van der Waals surface area contributed by atoms with Crippen LogP contribution in [0.4, 0.5) is 0 Å². The Labute approximate surface area is 119 Å². The number of aryl methyl sites for hydroxylation is 3. The molecule has 108 valence electrons. The normalized spacial score (nSPS) is 14.7. The summed E-state index contributed by atoms with van der Waals surface area (Å²) in [5, 5.41) is 3.71. The molecule has 0 saturated carbocycles. The first kappa shape index (κ1) is 16.2. The van der Waals surface area contributed by atoms with Gasteiger partial charge in [0.15, 0.2) is 0 Å². The lowest BCUT2D eigenvalue weighted by Gasteiger charge is -2.23. The first-order chi connectivity index (χ1) is 8.81. The van der Waals surface area contributed by atoms with Crippen LogP contribution in [0.3, 0.4) is 0 Å². The van der Waals surface area contributed by atoms with Crippen LogP contribution in [0.1, 0.15) is 48.6 Å². The van der Waals surface area contributed by atoms with Gasteiger partial charge in [0.05, 0.1) is 0 Å². The van der Waals surface area contributed by atoms with Gasteiger partial charge in [0.1, 0.15) is 0 Å². The molecular formula is C17H30N2. The summed E-state index contributed by atoms with van der Waals surface area (Å²) < 4.78 is 0. The van der Waals surface area contributed by atoms with Gasteiger partial charge in [-0.25, -0.2) is 0 Å². The summed E-state index contributed by atoms with van der Waals surface area (Å²) in [4.78, 5) is 2.24. The number of benzene rings is 1. The molecule has 19 heavy (non-hydrogen) atoms. The predicted octanol–water partition coefficient (Wildman–Crippen LogP) is 3.60. The summed E-state index contributed by atoms with van der Waals surface area (Å²) in [5.41, 5.74) is 5.59. The van der Waals surface area contributed by atoms with Crippen LogP contribution in [-0.2, 0) is 0 Å². The van der Waals surface area contributed by atoms with E-state index in [1.165, 1.54) is 28.7 Å². The molecule has 0 aliphatic heterocycles. The van der Waals surface area contributed by atoms with Crippen molar-refractivity contribution >= 4 is 0 Å². The van der Waals surface area contributed by atoms with E-state index in [0.717, 1.165) is 6.54 Å². The second-order valence-electron chi connectivity index (χ2n) is 6.17. The fraction of sp³-hybridized carbons (Fsp3) is 0.647. The van der Waals surface area contributed by atoms with Crippen LogP contribution >= 0.6 is 0 Å². The highest BCUT2D eigenvalue weighted by Crippen LogP contribution is 2.22. The van der Waals surface area contributed by atoms with E-state index in [-0.39, 0.29) is 0 Å². The number of hydrogen-bond donors (Lipinski definition) is 1. The summed E-state index contributed by atoms with van der Waals surface area (Å²) in [5.74, 6) is 0. The molecule has 0 fully saturated rings. The molecule has 0 aromatic heterocycles. The van der Waals surface area contributed by atoms with Crippen molar-refractivity contribution in [2.75, 3.05) is 20.6 Å². The topological polar surface area (TPSA) is 15.3 Å². The molecule has 2 atom stereocenters. The summed E-state index contributed by atoms with van der Waals surface area (Å²) in [6.45, 7) is 12.3. The van der Waals surface area contributed by atoms with Crippen molar-refractivity contribution in [2.45, 2.75) is 53.1 Å². The van der Waals surface area contributed by atoms with Gasteiger partial charge < -0.3 is 10.2 Å². The Hall–Kier alpha value is -0.860. The summed E-state index contributed by atoms with van der Waals surface area (Å²) in [6, 6.07) is 5.59. The van der Waals surface area contributed by atoms with E-state index in [2.05, 4.69) is 71.1 Å². The van der Waals surface area contributed by atoms with Crippen molar-refractivity contribution in [1.82, 2.24) is 10.2 Å². The summed E-state index contributed by atoms with van der Waals surface area (Å²) in [7, 11) is 4.26. The predicted molar refractivity (Wildman–Crippen MR) is 84.8 cm³/mol.